The van der Waals surface area contributed by atoms with Crippen LogP contribution in [-0.2, 0) is 25.2 Å². The first kappa shape index (κ1) is 37.9. The van der Waals surface area contributed by atoms with Crippen molar-refractivity contribution < 1.29 is 36.6 Å². The average molecular weight is 733 g/mol. The lowest BCUT2D eigenvalue weighted by Gasteiger charge is -2.15. The number of aliphatic hydroxyl groups is 2. The van der Waals surface area contributed by atoms with Crippen molar-refractivity contribution in [2.24, 2.45) is 0 Å². The molecule has 0 bridgehead atoms. The Morgan fingerprint density at radius 1 is 0.635 bits per heavy atom. The van der Waals surface area contributed by atoms with Crippen LogP contribution in [0.3, 0.4) is 0 Å². The summed E-state index contributed by atoms with van der Waals surface area (Å²) in [4.78, 5) is 38.4. The topological polar surface area (TPSA) is 168 Å². The van der Waals surface area contributed by atoms with Crippen molar-refractivity contribution in [2.75, 3.05) is 13.2 Å². The quantitative estimate of drug-likeness (QED) is 0.155. The molecule has 2 aromatic carbocycles. The summed E-state index contributed by atoms with van der Waals surface area (Å²) in [6.07, 6.45) is -8.45. The van der Waals surface area contributed by atoms with Gasteiger partial charge in [-0.3, -0.25) is 9.59 Å². The highest BCUT2D eigenvalue weighted by molar-refractivity contribution is 5.78. The largest absolute Gasteiger partial charge is 0.416 e. The Morgan fingerprint density at radius 3 is 1.25 bits per heavy atom. The van der Waals surface area contributed by atoms with Gasteiger partial charge in [0, 0.05) is 26.1 Å². The fraction of sp³-hybridized carbons (Fsp3) is 0.353. The smallest absolute Gasteiger partial charge is 0.396 e. The highest BCUT2D eigenvalue weighted by Gasteiger charge is 2.31. The second kappa shape index (κ2) is 14.7. The van der Waals surface area contributed by atoms with Crippen molar-refractivity contribution in [1.82, 2.24) is 39.5 Å². The van der Waals surface area contributed by atoms with Crippen molar-refractivity contribution in [1.29, 1.82) is 0 Å². The van der Waals surface area contributed by atoms with Gasteiger partial charge in [0.25, 0.3) is 11.1 Å². The Balaban J connectivity index is 0.000000201. The summed E-state index contributed by atoms with van der Waals surface area (Å²) in [6.45, 7) is 6.41. The minimum absolute atomic E-state index is 0.178. The lowest BCUT2D eigenvalue weighted by Crippen LogP contribution is -2.13. The summed E-state index contributed by atoms with van der Waals surface area (Å²) in [5, 5.41) is 27.7. The number of rotatable bonds is 8. The normalized spacial score (nSPS) is 13.3. The third kappa shape index (κ3) is 7.76. The number of aromatic nitrogens is 8. The van der Waals surface area contributed by atoms with E-state index in [1.165, 1.54) is 33.6 Å². The summed E-state index contributed by atoms with van der Waals surface area (Å²) < 4.78 is 79.4. The molecule has 0 radical (unpaired) electrons. The molecule has 276 valence electrons. The van der Waals surface area contributed by atoms with Crippen molar-refractivity contribution >= 4 is 22.1 Å². The molecule has 0 amide bonds. The zero-order valence-electron chi connectivity index (χ0n) is 28.3. The SMILES string of the molecule is Cc1nc2c(c(CCO)nn2[C@@H](C)c2ccc(C(F)(F)F)cc2)c(=O)[nH]1.Cc1nc2c(c(CCO)nn2[C@H](C)c2ccc(C(F)(F)F)cc2)c(=O)[nH]1. The Labute approximate surface area is 290 Å². The van der Waals surface area contributed by atoms with Gasteiger partial charge < -0.3 is 20.2 Å². The number of aliphatic hydroxyl groups excluding tert-OH is 2. The predicted octanol–water partition coefficient (Wildman–Crippen LogP) is 5.18. The number of nitrogens with one attached hydrogen (secondary N) is 2. The maximum absolute atomic E-state index is 12.7. The summed E-state index contributed by atoms with van der Waals surface area (Å²) in [5.41, 5.74) is 0.475. The van der Waals surface area contributed by atoms with E-state index >= 15 is 0 Å². The third-order valence-corrected chi connectivity index (χ3v) is 8.38. The van der Waals surface area contributed by atoms with Gasteiger partial charge >= 0.3 is 12.4 Å². The van der Waals surface area contributed by atoms with Crippen molar-refractivity contribution in [3.63, 3.8) is 0 Å². The number of nitrogens with zero attached hydrogens (tertiary/aromatic N) is 6. The van der Waals surface area contributed by atoms with E-state index in [9.17, 15) is 46.1 Å². The van der Waals surface area contributed by atoms with Gasteiger partial charge in [0.15, 0.2) is 11.3 Å². The summed E-state index contributed by atoms with van der Waals surface area (Å²) in [7, 11) is 0. The molecule has 6 aromatic rings. The van der Waals surface area contributed by atoms with Crippen LogP contribution in [0.5, 0.6) is 0 Å². The molecular formula is C34H34F6N8O4. The average Bonchev–Trinajstić information content (AvgIpc) is 3.62. The first-order chi connectivity index (χ1) is 24.4. The molecule has 4 N–H and O–H groups in total. The number of hydrogen-bond donors (Lipinski definition) is 4. The van der Waals surface area contributed by atoms with Crippen molar-refractivity contribution in [3.05, 3.63) is 115 Å². The second-order valence-corrected chi connectivity index (χ2v) is 12.0. The number of H-pyrrole nitrogens is 2. The first-order valence-electron chi connectivity index (χ1n) is 16.0. The Bertz CT molecular complexity index is 2140. The molecule has 0 aliphatic rings. The molecular weight excluding hydrogens is 698 g/mol. The molecule has 0 saturated carbocycles. The zero-order chi connectivity index (χ0) is 38.1. The van der Waals surface area contributed by atoms with Crippen LogP contribution in [0.4, 0.5) is 26.3 Å². The van der Waals surface area contributed by atoms with Crippen LogP contribution in [-0.4, -0.2) is 62.9 Å². The van der Waals surface area contributed by atoms with E-state index < -0.39 is 35.6 Å². The van der Waals surface area contributed by atoms with Gasteiger partial charge in [-0.25, -0.2) is 19.3 Å². The molecule has 6 rings (SSSR count). The molecule has 18 heteroatoms. The number of halogens is 6. The van der Waals surface area contributed by atoms with Crippen LogP contribution in [0.15, 0.2) is 58.1 Å². The number of fused-ring (bicyclic) bond motifs is 2. The number of alkyl halides is 6. The molecule has 52 heavy (non-hydrogen) atoms. The van der Waals surface area contributed by atoms with Crippen LogP contribution in [0, 0.1) is 13.8 Å². The zero-order valence-corrected chi connectivity index (χ0v) is 28.3. The standard InChI is InChI=1S/2C17H17F3N4O2/c2*1-9(11-3-5-12(6-4-11)17(18,19)20)24-15-14(13(23-24)7-8-25)16(26)22-10(2)21-15/h2*3-6,9,25H,7-8H2,1-2H3,(H,21,22,26)/t2*9-/m10/s1. The minimum atomic E-state index is -4.40. The predicted molar refractivity (Wildman–Crippen MR) is 178 cm³/mol. The third-order valence-electron chi connectivity index (χ3n) is 8.38. The van der Waals surface area contributed by atoms with E-state index in [1.807, 2.05) is 0 Å². The van der Waals surface area contributed by atoms with Gasteiger partial charge in [0.1, 0.15) is 22.4 Å². The van der Waals surface area contributed by atoms with Gasteiger partial charge in [-0.2, -0.15) is 36.5 Å². The molecule has 4 heterocycles. The van der Waals surface area contributed by atoms with Crippen LogP contribution < -0.4 is 11.1 Å². The molecule has 0 fully saturated rings. The van der Waals surface area contributed by atoms with Gasteiger partial charge in [-0.1, -0.05) is 24.3 Å². The van der Waals surface area contributed by atoms with E-state index in [1.54, 1.807) is 27.7 Å². The number of aryl methyl sites for hydroxylation is 2. The maximum Gasteiger partial charge on any atom is 0.416 e. The van der Waals surface area contributed by atoms with Crippen LogP contribution in [0.2, 0.25) is 0 Å². The Hall–Kier alpha value is -5.36. The van der Waals surface area contributed by atoms with Gasteiger partial charge in [0.2, 0.25) is 0 Å². The molecule has 0 saturated heterocycles. The monoisotopic (exact) mass is 732 g/mol. The summed E-state index contributed by atoms with van der Waals surface area (Å²) in [6, 6.07) is 8.69. The molecule has 0 aliphatic heterocycles. The second-order valence-electron chi connectivity index (χ2n) is 12.0. The van der Waals surface area contributed by atoms with E-state index in [2.05, 4.69) is 30.1 Å². The summed E-state index contributed by atoms with van der Waals surface area (Å²) >= 11 is 0. The highest BCUT2D eigenvalue weighted by atomic mass is 19.4. The minimum Gasteiger partial charge on any atom is -0.396 e. The molecule has 0 unspecified atom stereocenters. The molecule has 0 spiro atoms. The summed E-state index contributed by atoms with van der Waals surface area (Å²) in [5.74, 6) is 0.803. The van der Waals surface area contributed by atoms with E-state index in [-0.39, 0.29) is 47.9 Å². The van der Waals surface area contributed by atoms with E-state index in [0.29, 0.717) is 45.5 Å². The molecule has 0 aliphatic carbocycles. The van der Waals surface area contributed by atoms with Crippen molar-refractivity contribution in [3.8, 4) is 0 Å². The number of aromatic amines is 2. The van der Waals surface area contributed by atoms with E-state index in [4.69, 9.17) is 0 Å². The van der Waals surface area contributed by atoms with Crippen LogP contribution in [0.1, 0.15) is 71.2 Å². The van der Waals surface area contributed by atoms with Gasteiger partial charge in [0.05, 0.1) is 34.6 Å². The maximum atomic E-state index is 12.7. The fourth-order valence-corrected chi connectivity index (χ4v) is 5.73. The Kier molecular flexibility index (Phi) is 10.7. The fourth-order valence-electron chi connectivity index (χ4n) is 5.73. The van der Waals surface area contributed by atoms with Crippen LogP contribution >= 0.6 is 0 Å². The first-order valence-corrected chi connectivity index (χ1v) is 16.0. The molecule has 4 aromatic heterocycles. The van der Waals surface area contributed by atoms with E-state index in [0.717, 1.165) is 24.3 Å². The molecule has 12 nitrogen and oxygen atoms in total. The van der Waals surface area contributed by atoms with Crippen molar-refractivity contribution in [2.45, 2.75) is 65.0 Å². The van der Waals surface area contributed by atoms with Gasteiger partial charge in [-0.15, -0.1) is 0 Å². The number of benzene rings is 2. The lowest BCUT2D eigenvalue weighted by atomic mass is 10.1. The Morgan fingerprint density at radius 2 is 0.962 bits per heavy atom. The van der Waals surface area contributed by atoms with Crippen LogP contribution in [0.25, 0.3) is 22.1 Å². The van der Waals surface area contributed by atoms with Gasteiger partial charge in [-0.05, 0) is 63.1 Å². The number of hydrogen-bond acceptors (Lipinski definition) is 8. The lowest BCUT2D eigenvalue weighted by molar-refractivity contribution is -0.138. The highest BCUT2D eigenvalue weighted by Crippen LogP contribution is 2.32. The molecule has 2 atom stereocenters.